The predicted octanol–water partition coefficient (Wildman–Crippen LogP) is 3.80. The maximum Gasteiger partial charge on any atom is 0.306 e. The molecule has 0 unspecified atom stereocenters. The zero-order chi connectivity index (χ0) is 20.8. The first-order chi connectivity index (χ1) is 14.0. The fraction of sp³-hybridized carbons (Fsp3) is 0.273. The Morgan fingerprint density at radius 1 is 1.14 bits per heavy atom. The Bertz CT molecular complexity index is 909. The highest BCUT2D eigenvalue weighted by atomic mass is 16.6. The fourth-order valence-corrected chi connectivity index (χ4v) is 3.46. The molecule has 7 heteroatoms. The fourth-order valence-electron chi connectivity index (χ4n) is 3.46. The number of carbonyl (C=O) groups is 2. The van der Waals surface area contributed by atoms with Crippen molar-refractivity contribution in [2.24, 2.45) is 5.92 Å². The van der Waals surface area contributed by atoms with E-state index in [1.54, 1.807) is 30.2 Å². The number of hydrogen-bond acceptors (Lipinski definition) is 5. The van der Waals surface area contributed by atoms with E-state index in [2.05, 4.69) is 0 Å². The maximum absolute atomic E-state index is 13.2. The van der Waals surface area contributed by atoms with Gasteiger partial charge in [0.05, 0.1) is 30.4 Å². The van der Waals surface area contributed by atoms with E-state index in [4.69, 9.17) is 4.74 Å². The molecule has 3 rings (SSSR count). The van der Waals surface area contributed by atoms with E-state index in [9.17, 15) is 19.7 Å². The summed E-state index contributed by atoms with van der Waals surface area (Å²) in [7, 11) is 0. The summed E-state index contributed by atoms with van der Waals surface area (Å²) in [6.45, 7) is 2.37. The van der Waals surface area contributed by atoms with Crippen molar-refractivity contribution in [2.75, 3.05) is 6.61 Å². The maximum atomic E-state index is 13.2. The highest BCUT2D eigenvalue weighted by Gasteiger charge is 2.36. The molecule has 0 aliphatic carbocycles. The number of esters is 1. The van der Waals surface area contributed by atoms with Gasteiger partial charge in [-0.15, -0.1) is 0 Å². The average Bonchev–Trinajstić information content (AvgIpc) is 2.72. The summed E-state index contributed by atoms with van der Waals surface area (Å²) < 4.78 is 5.06. The summed E-state index contributed by atoms with van der Waals surface area (Å²) in [5.74, 6) is -1.61. The van der Waals surface area contributed by atoms with Crippen LogP contribution in [-0.2, 0) is 20.9 Å². The lowest BCUT2D eigenvalue weighted by atomic mass is 9.81. The van der Waals surface area contributed by atoms with Gasteiger partial charge in [0.2, 0.25) is 5.91 Å². The largest absolute Gasteiger partial charge is 0.466 e. The van der Waals surface area contributed by atoms with E-state index in [0.29, 0.717) is 6.54 Å². The van der Waals surface area contributed by atoms with Crippen molar-refractivity contribution in [1.29, 1.82) is 0 Å². The highest BCUT2D eigenvalue weighted by Crippen LogP contribution is 2.35. The molecule has 0 fully saturated rings. The monoisotopic (exact) mass is 394 g/mol. The lowest BCUT2D eigenvalue weighted by molar-refractivity contribution is -0.384. The highest BCUT2D eigenvalue weighted by molar-refractivity contribution is 5.86. The van der Waals surface area contributed by atoms with Crippen LogP contribution >= 0.6 is 0 Å². The van der Waals surface area contributed by atoms with Gasteiger partial charge in [0.25, 0.3) is 5.69 Å². The van der Waals surface area contributed by atoms with Crippen LogP contribution in [0.3, 0.4) is 0 Å². The second-order valence-electron chi connectivity index (χ2n) is 6.78. The molecule has 1 aliphatic rings. The Balaban J connectivity index is 1.88. The lowest BCUT2D eigenvalue weighted by Gasteiger charge is -2.33. The van der Waals surface area contributed by atoms with Crippen molar-refractivity contribution >= 4 is 17.6 Å². The molecule has 1 heterocycles. The number of non-ortho nitro benzene ring substituents is 1. The normalized spacial score (nSPS) is 18.5. The van der Waals surface area contributed by atoms with Gasteiger partial charge in [0, 0.05) is 24.3 Å². The Hall–Kier alpha value is -3.48. The van der Waals surface area contributed by atoms with Gasteiger partial charge < -0.3 is 9.64 Å². The smallest absolute Gasteiger partial charge is 0.306 e. The first-order valence-electron chi connectivity index (χ1n) is 9.42. The zero-order valence-electron chi connectivity index (χ0n) is 16.1. The minimum Gasteiger partial charge on any atom is -0.466 e. The minimum absolute atomic E-state index is 0.0208. The number of nitrogens with zero attached hydrogens (tertiary/aromatic N) is 2. The van der Waals surface area contributed by atoms with E-state index < -0.39 is 16.8 Å². The third-order valence-corrected chi connectivity index (χ3v) is 4.88. The van der Waals surface area contributed by atoms with Gasteiger partial charge in [-0.25, -0.2) is 0 Å². The summed E-state index contributed by atoms with van der Waals surface area (Å²) in [4.78, 5) is 37.4. The number of rotatable bonds is 7. The van der Waals surface area contributed by atoms with Gasteiger partial charge in [0.1, 0.15) is 0 Å². The molecule has 0 radical (unpaired) electrons. The van der Waals surface area contributed by atoms with Crippen LogP contribution in [0.5, 0.6) is 0 Å². The number of hydrogen-bond donors (Lipinski definition) is 0. The molecule has 2 aromatic carbocycles. The van der Waals surface area contributed by atoms with Crippen LogP contribution in [0.15, 0.2) is 66.9 Å². The molecule has 0 bridgehead atoms. The number of amides is 1. The first-order valence-corrected chi connectivity index (χ1v) is 9.42. The van der Waals surface area contributed by atoms with Crippen molar-refractivity contribution in [3.05, 3.63) is 88.1 Å². The molecule has 1 aliphatic heterocycles. The number of benzene rings is 2. The molecule has 150 valence electrons. The number of nitro benzene ring substituents is 1. The summed E-state index contributed by atoms with van der Waals surface area (Å²) in [6.07, 6.45) is 3.54. The van der Waals surface area contributed by atoms with Gasteiger partial charge in [-0.2, -0.15) is 0 Å². The van der Waals surface area contributed by atoms with Gasteiger partial charge >= 0.3 is 5.97 Å². The molecular formula is C22H22N2O5. The van der Waals surface area contributed by atoms with E-state index >= 15 is 0 Å². The van der Waals surface area contributed by atoms with E-state index in [1.165, 1.54) is 12.1 Å². The molecule has 0 saturated carbocycles. The van der Waals surface area contributed by atoms with Crippen LogP contribution in [0.25, 0.3) is 0 Å². The van der Waals surface area contributed by atoms with Crippen LogP contribution in [0.4, 0.5) is 5.69 Å². The van der Waals surface area contributed by atoms with Crippen LogP contribution in [0, 0.1) is 16.0 Å². The van der Waals surface area contributed by atoms with Crippen molar-refractivity contribution in [2.45, 2.75) is 25.8 Å². The van der Waals surface area contributed by atoms with Gasteiger partial charge in [-0.3, -0.25) is 19.7 Å². The van der Waals surface area contributed by atoms with Crippen molar-refractivity contribution in [1.82, 2.24) is 4.90 Å². The van der Waals surface area contributed by atoms with Crippen LogP contribution in [0.2, 0.25) is 0 Å². The van der Waals surface area contributed by atoms with Gasteiger partial charge in [-0.1, -0.05) is 48.5 Å². The second-order valence-corrected chi connectivity index (χ2v) is 6.78. The summed E-state index contributed by atoms with van der Waals surface area (Å²) in [6, 6.07) is 15.7. The third-order valence-electron chi connectivity index (χ3n) is 4.88. The van der Waals surface area contributed by atoms with Crippen molar-refractivity contribution in [3.8, 4) is 0 Å². The summed E-state index contributed by atoms with van der Waals surface area (Å²) >= 11 is 0. The molecule has 0 aromatic heterocycles. The Labute approximate surface area is 168 Å². The minimum atomic E-state index is -0.635. The first kappa shape index (κ1) is 20.3. The quantitative estimate of drug-likeness (QED) is 0.405. The van der Waals surface area contributed by atoms with Crippen LogP contribution < -0.4 is 0 Å². The standard InChI is InChI=1S/C22H22N2O5/c1-2-29-21(25)14-20-19(17-8-10-18(11-9-17)24(27)28)12-13-23(22(20)26)15-16-6-4-3-5-7-16/h3-13,19-20H,2,14-15H2,1H3/t19-,20-/m0/s1. The van der Waals surface area contributed by atoms with Crippen molar-refractivity contribution < 1.29 is 19.2 Å². The number of allylic oxidation sites excluding steroid dienone is 1. The molecule has 29 heavy (non-hydrogen) atoms. The molecule has 0 saturated heterocycles. The molecule has 0 spiro atoms. The summed E-state index contributed by atoms with van der Waals surface area (Å²) in [5.41, 5.74) is 1.70. The molecule has 0 N–H and O–H groups in total. The van der Waals surface area contributed by atoms with E-state index in [0.717, 1.165) is 11.1 Å². The van der Waals surface area contributed by atoms with E-state index in [1.807, 2.05) is 36.4 Å². The predicted molar refractivity (Wildman–Crippen MR) is 107 cm³/mol. The molecule has 1 amide bonds. The SMILES string of the molecule is CCOC(=O)C[C@@H]1C(=O)N(Cc2ccccc2)C=C[C@H]1c1ccc([N+](=O)[O-])cc1. The molecule has 2 aromatic rings. The molecule has 2 atom stereocenters. The second kappa shape index (κ2) is 9.14. The molecular weight excluding hydrogens is 372 g/mol. The Morgan fingerprint density at radius 3 is 2.45 bits per heavy atom. The third kappa shape index (κ3) is 4.87. The number of ether oxygens (including phenoxy) is 1. The van der Waals surface area contributed by atoms with Gasteiger partial charge in [-0.05, 0) is 18.1 Å². The Kier molecular flexibility index (Phi) is 6.39. The number of nitro groups is 1. The molecule has 7 nitrogen and oxygen atoms in total. The zero-order valence-corrected chi connectivity index (χ0v) is 16.1. The average molecular weight is 394 g/mol. The topological polar surface area (TPSA) is 89.8 Å². The summed E-state index contributed by atoms with van der Waals surface area (Å²) in [5, 5.41) is 10.9. The van der Waals surface area contributed by atoms with Crippen LogP contribution in [-0.4, -0.2) is 28.3 Å². The van der Waals surface area contributed by atoms with Crippen LogP contribution in [0.1, 0.15) is 30.4 Å². The Morgan fingerprint density at radius 2 is 1.83 bits per heavy atom. The lowest BCUT2D eigenvalue weighted by Crippen LogP contribution is -2.39. The van der Waals surface area contributed by atoms with Crippen molar-refractivity contribution in [3.63, 3.8) is 0 Å². The van der Waals surface area contributed by atoms with E-state index in [-0.39, 0.29) is 30.5 Å². The van der Waals surface area contributed by atoms with Gasteiger partial charge in [0.15, 0.2) is 0 Å². The number of carbonyl (C=O) groups excluding carboxylic acids is 2.